The summed E-state index contributed by atoms with van der Waals surface area (Å²) in [5.74, 6) is 1.99. The van der Waals surface area contributed by atoms with E-state index in [0.29, 0.717) is 0 Å². The van der Waals surface area contributed by atoms with Crippen LogP contribution in [-0.4, -0.2) is 7.22 Å². The Balaban J connectivity index is 2.67. The zero-order valence-electron chi connectivity index (χ0n) is 9.08. The first kappa shape index (κ1) is 12.2. The predicted molar refractivity (Wildman–Crippen MR) is 73.8 cm³/mol. The first-order valence-corrected chi connectivity index (χ1v) is 10.7. The van der Waals surface area contributed by atoms with Crippen LogP contribution in [0.25, 0.3) is 0 Å². The quantitative estimate of drug-likeness (QED) is 0.610. The van der Waals surface area contributed by atoms with E-state index in [2.05, 4.69) is 67.7 Å². The highest BCUT2D eigenvalue weighted by molar-refractivity contribution is 8.28. The molecule has 0 heterocycles. The van der Waals surface area contributed by atoms with Gasteiger partial charge in [0.05, 0.1) is 0 Å². The molecule has 0 aliphatic carbocycles. The van der Waals surface area contributed by atoms with Crippen molar-refractivity contribution in [2.75, 3.05) is 0 Å². The van der Waals surface area contributed by atoms with Crippen LogP contribution in [0.3, 0.4) is 0 Å². The molecule has 1 rings (SSSR count). The molecule has 0 fully saturated rings. The molecule has 0 radical (unpaired) electrons. The number of rotatable bonds is 4. The van der Waals surface area contributed by atoms with Crippen LogP contribution >= 0.6 is 23.8 Å². The lowest BCUT2D eigenvalue weighted by Crippen LogP contribution is -2.14. The molecule has 0 saturated carbocycles. The Morgan fingerprint density at radius 3 is 2.21 bits per heavy atom. The normalized spacial score (nSPS) is 11.7. The van der Waals surface area contributed by atoms with Gasteiger partial charge < -0.3 is 0 Å². The molecule has 1 aromatic rings. The van der Waals surface area contributed by atoms with Gasteiger partial charge in [0.2, 0.25) is 0 Å². The summed E-state index contributed by atoms with van der Waals surface area (Å²) in [6.45, 7) is 7.17. The molecule has 0 atom stereocenters. The SMILES string of the molecule is C[Si](C)(C)SCc1ccccc1CS. The minimum atomic E-state index is -0.984. The summed E-state index contributed by atoms with van der Waals surface area (Å²) in [7, 11) is -0.984. The number of hydrogen-bond acceptors (Lipinski definition) is 2. The second kappa shape index (κ2) is 5.28. The third kappa shape index (κ3) is 4.11. The maximum absolute atomic E-state index is 4.35. The molecule has 0 amide bonds. The highest BCUT2D eigenvalue weighted by Crippen LogP contribution is 2.26. The fourth-order valence-electron chi connectivity index (χ4n) is 1.15. The Morgan fingerprint density at radius 2 is 1.71 bits per heavy atom. The third-order valence-corrected chi connectivity index (χ3v) is 6.64. The first-order valence-electron chi connectivity index (χ1n) is 4.84. The molecule has 0 aromatic heterocycles. The van der Waals surface area contributed by atoms with Gasteiger partial charge in [-0.3, -0.25) is 0 Å². The zero-order valence-corrected chi connectivity index (χ0v) is 11.8. The highest BCUT2D eigenvalue weighted by Gasteiger charge is 2.14. The molecule has 0 aliphatic heterocycles. The van der Waals surface area contributed by atoms with Gasteiger partial charge in [0.1, 0.15) is 7.22 Å². The van der Waals surface area contributed by atoms with Gasteiger partial charge in [0.25, 0.3) is 0 Å². The monoisotopic (exact) mass is 242 g/mol. The van der Waals surface area contributed by atoms with Gasteiger partial charge in [-0.05, 0) is 11.1 Å². The second-order valence-corrected chi connectivity index (χ2v) is 14.0. The second-order valence-electron chi connectivity index (χ2n) is 4.33. The molecule has 0 spiro atoms. The minimum Gasteiger partial charge on any atom is -0.181 e. The molecular formula is C11H18S2Si. The van der Waals surface area contributed by atoms with E-state index in [9.17, 15) is 0 Å². The summed E-state index contributed by atoms with van der Waals surface area (Å²) in [5.41, 5.74) is 2.83. The van der Waals surface area contributed by atoms with E-state index in [-0.39, 0.29) is 0 Å². The molecule has 0 bridgehead atoms. The van der Waals surface area contributed by atoms with E-state index in [0.717, 1.165) is 11.5 Å². The molecule has 3 heteroatoms. The van der Waals surface area contributed by atoms with E-state index in [1.807, 2.05) is 0 Å². The third-order valence-electron chi connectivity index (χ3n) is 1.95. The van der Waals surface area contributed by atoms with Crippen molar-refractivity contribution in [3.05, 3.63) is 35.4 Å². The maximum Gasteiger partial charge on any atom is 0.108 e. The van der Waals surface area contributed by atoms with Crippen molar-refractivity contribution in [3.63, 3.8) is 0 Å². The largest absolute Gasteiger partial charge is 0.181 e. The molecule has 78 valence electrons. The number of hydrogen-bond donors (Lipinski definition) is 1. The van der Waals surface area contributed by atoms with Crippen molar-refractivity contribution in [1.82, 2.24) is 0 Å². The topological polar surface area (TPSA) is 0 Å². The Labute approximate surface area is 97.6 Å². The van der Waals surface area contributed by atoms with Crippen LogP contribution < -0.4 is 0 Å². The van der Waals surface area contributed by atoms with Crippen molar-refractivity contribution in [2.24, 2.45) is 0 Å². The smallest absolute Gasteiger partial charge is 0.108 e. The van der Waals surface area contributed by atoms with E-state index < -0.39 is 7.22 Å². The van der Waals surface area contributed by atoms with Crippen LogP contribution in [0, 0.1) is 0 Å². The van der Waals surface area contributed by atoms with E-state index >= 15 is 0 Å². The van der Waals surface area contributed by atoms with Crippen molar-refractivity contribution >= 4 is 31.1 Å². The summed E-state index contributed by atoms with van der Waals surface area (Å²) in [4.78, 5) is 0. The molecule has 0 N–H and O–H groups in total. The maximum atomic E-state index is 4.35. The summed E-state index contributed by atoms with van der Waals surface area (Å²) in [6.07, 6.45) is 0. The Morgan fingerprint density at radius 1 is 1.14 bits per heavy atom. The number of thiol groups is 1. The first-order chi connectivity index (χ1) is 6.53. The van der Waals surface area contributed by atoms with Gasteiger partial charge in [-0.25, -0.2) is 0 Å². The van der Waals surface area contributed by atoms with E-state index in [1.54, 1.807) is 0 Å². The van der Waals surface area contributed by atoms with Gasteiger partial charge in [0.15, 0.2) is 0 Å². The lowest BCUT2D eigenvalue weighted by atomic mass is 10.1. The van der Waals surface area contributed by atoms with Crippen molar-refractivity contribution < 1.29 is 0 Å². The van der Waals surface area contributed by atoms with Gasteiger partial charge in [-0.15, -0.1) is 0 Å². The molecular weight excluding hydrogens is 224 g/mol. The molecule has 14 heavy (non-hydrogen) atoms. The Bertz CT molecular complexity index is 292. The molecule has 1 aromatic carbocycles. The van der Waals surface area contributed by atoms with Crippen molar-refractivity contribution in [1.29, 1.82) is 0 Å². The van der Waals surface area contributed by atoms with Crippen LogP contribution in [0.15, 0.2) is 24.3 Å². The van der Waals surface area contributed by atoms with Gasteiger partial charge in [0, 0.05) is 11.5 Å². The average Bonchev–Trinajstić information content (AvgIpc) is 2.14. The van der Waals surface area contributed by atoms with Crippen LogP contribution in [-0.2, 0) is 11.5 Å². The zero-order chi connectivity index (χ0) is 10.6. The standard InChI is InChI=1S/C11H18S2Si/c1-14(2,3)13-9-11-7-5-4-6-10(11)8-12/h4-7,12H,8-9H2,1-3H3. The fraction of sp³-hybridized carbons (Fsp3) is 0.455. The summed E-state index contributed by atoms with van der Waals surface area (Å²) in [5, 5.41) is 0. The lowest BCUT2D eigenvalue weighted by molar-refractivity contribution is 1.29. The number of benzene rings is 1. The average molecular weight is 242 g/mol. The Hall–Kier alpha value is 0.137. The van der Waals surface area contributed by atoms with Gasteiger partial charge >= 0.3 is 0 Å². The van der Waals surface area contributed by atoms with Crippen molar-refractivity contribution in [3.8, 4) is 0 Å². The molecule has 0 unspecified atom stereocenters. The minimum absolute atomic E-state index is 0.850. The molecule has 0 aliphatic rings. The lowest BCUT2D eigenvalue weighted by Gasteiger charge is -2.16. The Kier molecular flexibility index (Phi) is 4.61. The van der Waals surface area contributed by atoms with Crippen LogP contribution in [0.2, 0.25) is 19.6 Å². The summed E-state index contributed by atoms with van der Waals surface area (Å²) >= 11 is 6.47. The van der Waals surface area contributed by atoms with Crippen LogP contribution in [0.5, 0.6) is 0 Å². The molecule has 0 saturated heterocycles. The van der Waals surface area contributed by atoms with E-state index in [1.165, 1.54) is 11.1 Å². The summed E-state index contributed by atoms with van der Waals surface area (Å²) in [6, 6.07) is 8.60. The van der Waals surface area contributed by atoms with Crippen molar-refractivity contribution in [2.45, 2.75) is 31.1 Å². The fourth-order valence-corrected chi connectivity index (χ4v) is 4.09. The van der Waals surface area contributed by atoms with Gasteiger partial charge in [-0.2, -0.15) is 23.8 Å². The predicted octanol–water partition coefficient (Wildman–Crippen LogP) is 4.18. The van der Waals surface area contributed by atoms with Crippen LogP contribution in [0.4, 0.5) is 0 Å². The summed E-state index contributed by atoms with van der Waals surface area (Å²) < 4.78 is 0. The van der Waals surface area contributed by atoms with Gasteiger partial charge in [-0.1, -0.05) is 43.9 Å². The van der Waals surface area contributed by atoms with E-state index in [4.69, 9.17) is 0 Å². The molecule has 0 nitrogen and oxygen atoms in total. The van der Waals surface area contributed by atoms with Crippen LogP contribution in [0.1, 0.15) is 11.1 Å². The highest BCUT2D eigenvalue weighted by atomic mass is 32.4.